The Kier molecular flexibility index (Phi) is 12.4. The van der Waals surface area contributed by atoms with E-state index < -0.39 is 0 Å². The Morgan fingerprint density at radius 1 is 0.610 bits per heavy atom. The standard InChI is InChI=1S/C39H47ClO/c1-4-6-8-9-10-13-20-32-25-28-37(31-18-14-11-15-19-31)39(34-21-16-22-35(40)29-34)38(32)33-23-26-36(27-24-33)41-30(3)17-12-7-5-2/h11,14-16,18-19,21-30H,4-10,12-13,17,20H2,1-3H3/t30-/m1/s1. The van der Waals surface area contributed by atoms with Crippen molar-refractivity contribution in [1.82, 2.24) is 0 Å². The van der Waals surface area contributed by atoms with E-state index in [1.54, 1.807) is 0 Å². The van der Waals surface area contributed by atoms with Crippen LogP contribution in [0.1, 0.15) is 90.5 Å². The number of rotatable bonds is 16. The highest BCUT2D eigenvalue weighted by Crippen LogP contribution is 2.43. The average molecular weight is 567 g/mol. The quantitative estimate of drug-likeness (QED) is 0.122. The topological polar surface area (TPSA) is 9.23 Å². The van der Waals surface area contributed by atoms with Crippen molar-refractivity contribution >= 4 is 11.6 Å². The van der Waals surface area contributed by atoms with Gasteiger partial charge in [0, 0.05) is 5.02 Å². The molecule has 0 aliphatic carbocycles. The van der Waals surface area contributed by atoms with Gasteiger partial charge in [-0.2, -0.15) is 0 Å². The van der Waals surface area contributed by atoms with E-state index >= 15 is 0 Å². The van der Waals surface area contributed by atoms with Crippen molar-refractivity contribution in [2.45, 2.75) is 97.5 Å². The van der Waals surface area contributed by atoms with E-state index in [9.17, 15) is 0 Å². The van der Waals surface area contributed by atoms with E-state index in [0.29, 0.717) is 0 Å². The molecule has 0 radical (unpaired) electrons. The molecule has 0 N–H and O–H groups in total. The molecule has 0 aromatic heterocycles. The van der Waals surface area contributed by atoms with Crippen molar-refractivity contribution in [3.63, 3.8) is 0 Å². The van der Waals surface area contributed by atoms with Crippen LogP contribution >= 0.6 is 11.6 Å². The van der Waals surface area contributed by atoms with E-state index in [2.05, 4.69) is 106 Å². The van der Waals surface area contributed by atoms with Gasteiger partial charge in [-0.15, -0.1) is 0 Å². The van der Waals surface area contributed by atoms with E-state index in [4.69, 9.17) is 16.3 Å². The molecule has 0 saturated carbocycles. The largest absolute Gasteiger partial charge is 0.491 e. The summed E-state index contributed by atoms with van der Waals surface area (Å²) in [6.45, 7) is 6.71. The number of aryl methyl sites for hydroxylation is 1. The normalized spacial score (nSPS) is 11.9. The van der Waals surface area contributed by atoms with Crippen molar-refractivity contribution in [2.24, 2.45) is 0 Å². The fourth-order valence-corrected chi connectivity index (χ4v) is 5.95. The zero-order valence-electron chi connectivity index (χ0n) is 25.3. The highest BCUT2D eigenvalue weighted by Gasteiger charge is 2.19. The maximum Gasteiger partial charge on any atom is 0.119 e. The molecule has 41 heavy (non-hydrogen) atoms. The van der Waals surface area contributed by atoms with Crippen molar-refractivity contribution in [1.29, 1.82) is 0 Å². The second-order valence-electron chi connectivity index (χ2n) is 11.4. The molecule has 0 aliphatic rings. The summed E-state index contributed by atoms with van der Waals surface area (Å²) in [4.78, 5) is 0. The first-order valence-corrected chi connectivity index (χ1v) is 16.2. The molecule has 0 unspecified atom stereocenters. The Hall–Kier alpha value is -3.03. The molecule has 0 amide bonds. The predicted molar refractivity (Wildman–Crippen MR) is 179 cm³/mol. The molecular formula is C39H47ClO. The first-order valence-electron chi connectivity index (χ1n) is 15.8. The number of halogens is 1. The molecule has 0 spiro atoms. The van der Waals surface area contributed by atoms with Gasteiger partial charge in [-0.05, 0) is 95.8 Å². The minimum Gasteiger partial charge on any atom is -0.491 e. The minimum atomic E-state index is 0.221. The molecule has 1 nitrogen and oxygen atoms in total. The molecule has 0 bridgehead atoms. The summed E-state index contributed by atoms with van der Waals surface area (Å²) < 4.78 is 6.30. The van der Waals surface area contributed by atoms with Gasteiger partial charge in [-0.1, -0.05) is 137 Å². The Morgan fingerprint density at radius 2 is 1.29 bits per heavy atom. The number of unbranched alkanes of at least 4 members (excludes halogenated alkanes) is 7. The van der Waals surface area contributed by atoms with Gasteiger partial charge in [0.1, 0.15) is 5.75 Å². The van der Waals surface area contributed by atoms with Crippen LogP contribution in [0.15, 0.2) is 91.0 Å². The van der Waals surface area contributed by atoms with Crippen molar-refractivity contribution in [3.05, 3.63) is 102 Å². The van der Waals surface area contributed by atoms with Crippen LogP contribution in [0, 0.1) is 0 Å². The fraction of sp³-hybridized carbons (Fsp3) is 0.385. The zero-order valence-corrected chi connectivity index (χ0v) is 26.1. The lowest BCUT2D eigenvalue weighted by atomic mass is 9.83. The third-order valence-electron chi connectivity index (χ3n) is 7.98. The van der Waals surface area contributed by atoms with Crippen LogP contribution in [-0.4, -0.2) is 6.10 Å². The maximum absolute atomic E-state index is 6.57. The number of ether oxygens (including phenoxy) is 1. The van der Waals surface area contributed by atoms with Crippen molar-refractivity contribution in [3.8, 4) is 39.1 Å². The van der Waals surface area contributed by atoms with Gasteiger partial charge >= 0.3 is 0 Å². The highest BCUT2D eigenvalue weighted by atomic mass is 35.5. The molecule has 0 fully saturated rings. The van der Waals surface area contributed by atoms with Crippen molar-refractivity contribution < 1.29 is 4.74 Å². The SMILES string of the molecule is CCCCCCCCc1ccc(-c2ccccc2)c(-c2cccc(Cl)c2)c1-c1ccc(O[C@H](C)CCCCC)cc1. The molecular weight excluding hydrogens is 520 g/mol. The summed E-state index contributed by atoms with van der Waals surface area (Å²) in [6.07, 6.45) is 13.8. The van der Waals surface area contributed by atoms with Gasteiger partial charge in [0.15, 0.2) is 0 Å². The van der Waals surface area contributed by atoms with Gasteiger partial charge in [0.2, 0.25) is 0 Å². The fourth-order valence-electron chi connectivity index (χ4n) is 5.75. The van der Waals surface area contributed by atoms with E-state index in [1.807, 2.05) is 6.07 Å². The monoisotopic (exact) mass is 566 g/mol. The summed E-state index contributed by atoms with van der Waals surface area (Å²) >= 11 is 6.57. The molecule has 4 aromatic rings. The number of benzene rings is 4. The first-order chi connectivity index (χ1) is 20.1. The van der Waals surface area contributed by atoms with Gasteiger partial charge < -0.3 is 4.74 Å². The molecule has 4 rings (SSSR count). The van der Waals surface area contributed by atoms with Crippen LogP contribution in [0.25, 0.3) is 33.4 Å². The Morgan fingerprint density at radius 3 is 2.02 bits per heavy atom. The van der Waals surface area contributed by atoms with Crippen LogP contribution in [0.3, 0.4) is 0 Å². The highest BCUT2D eigenvalue weighted by molar-refractivity contribution is 6.31. The first kappa shape index (κ1) is 30.9. The lowest BCUT2D eigenvalue weighted by Crippen LogP contribution is -2.11. The van der Waals surface area contributed by atoms with E-state index in [0.717, 1.165) is 29.2 Å². The molecule has 2 heteroatoms. The lowest BCUT2D eigenvalue weighted by molar-refractivity contribution is 0.206. The molecule has 0 saturated heterocycles. The third-order valence-corrected chi connectivity index (χ3v) is 8.22. The van der Waals surface area contributed by atoms with Crippen LogP contribution < -0.4 is 4.74 Å². The number of hydrogen-bond donors (Lipinski definition) is 0. The molecule has 0 aliphatic heterocycles. The van der Waals surface area contributed by atoms with Crippen LogP contribution in [0.2, 0.25) is 5.02 Å². The minimum absolute atomic E-state index is 0.221. The summed E-state index contributed by atoms with van der Waals surface area (Å²) in [5.74, 6) is 0.943. The van der Waals surface area contributed by atoms with Gasteiger partial charge in [-0.25, -0.2) is 0 Å². The van der Waals surface area contributed by atoms with Gasteiger partial charge in [0.25, 0.3) is 0 Å². The Labute approximate surface area is 253 Å². The third kappa shape index (κ3) is 8.98. The van der Waals surface area contributed by atoms with Gasteiger partial charge in [-0.3, -0.25) is 0 Å². The summed E-state index contributed by atoms with van der Waals surface area (Å²) in [5, 5.41) is 0.759. The van der Waals surface area contributed by atoms with Crippen LogP contribution in [0.4, 0.5) is 0 Å². The van der Waals surface area contributed by atoms with E-state index in [-0.39, 0.29) is 6.10 Å². The number of hydrogen-bond acceptors (Lipinski definition) is 1. The van der Waals surface area contributed by atoms with E-state index in [1.165, 1.54) is 91.2 Å². The lowest BCUT2D eigenvalue weighted by Gasteiger charge is -2.21. The second kappa shape index (κ2) is 16.4. The molecule has 1 atom stereocenters. The van der Waals surface area contributed by atoms with Crippen LogP contribution in [0.5, 0.6) is 5.75 Å². The predicted octanol–water partition coefficient (Wildman–Crippen LogP) is 12.6. The zero-order chi connectivity index (χ0) is 28.9. The Bertz CT molecular complexity index is 1330. The molecule has 216 valence electrons. The summed E-state index contributed by atoms with van der Waals surface area (Å²) in [5.41, 5.74) is 8.80. The average Bonchev–Trinajstić information content (AvgIpc) is 2.99. The van der Waals surface area contributed by atoms with Crippen molar-refractivity contribution in [2.75, 3.05) is 0 Å². The smallest absolute Gasteiger partial charge is 0.119 e. The van der Waals surface area contributed by atoms with Gasteiger partial charge in [0.05, 0.1) is 6.10 Å². The van der Waals surface area contributed by atoms with Crippen LogP contribution in [-0.2, 0) is 6.42 Å². The molecule has 4 aromatic carbocycles. The maximum atomic E-state index is 6.57. The summed E-state index contributed by atoms with van der Waals surface area (Å²) in [7, 11) is 0. The molecule has 0 heterocycles. The summed E-state index contributed by atoms with van der Waals surface area (Å²) in [6, 6.07) is 32.5. The Balaban J connectivity index is 1.75. The second-order valence-corrected chi connectivity index (χ2v) is 11.8.